The minimum Gasteiger partial charge on any atom is -0.494 e. The zero-order chi connectivity index (χ0) is 16.3. The fraction of sp³-hybridized carbons (Fsp3) is 0.368. The number of hydrogen-bond acceptors (Lipinski definition) is 4. The van der Waals surface area contributed by atoms with Gasteiger partial charge in [-0.25, -0.2) is 0 Å². The van der Waals surface area contributed by atoms with Crippen molar-refractivity contribution in [2.24, 2.45) is 0 Å². The molecule has 0 spiro atoms. The van der Waals surface area contributed by atoms with Gasteiger partial charge >= 0.3 is 0 Å². The highest BCUT2D eigenvalue weighted by atomic mass is 16.5. The van der Waals surface area contributed by atoms with Crippen LogP contribution in [-0.2, 0) is 0 Å². The molecule has 0 saturated heterocycles. The van der Waals surface area contributed by atoms with Gasteiger partial charge in [0.1, 0.15) is 11.5 Å². The van der Waals surface area contributed by atoms with Gasteiger partial charge in [-0.1, -0.05) is 0 Å². The predicted octanol–water partition coefficient (Wildman–Crippen LogP) is 4.40. The van der Waals surface area contributed by atoms with Crippen molar-refractivity contribution in [1.82, 2.24) is 0 Å². The van der Waals surface area contributed by atoms with E-state index in [1.807, 2.05) is 62.6 Å². The maximum absolute atomic E-state index is 5.72. The molecule has 0 aliphatic rings. The topological polar surface area (TPSA) is 42.5 Å². The van der Waals surface area contributed by atoms with E-state index in [9.17, 15) is 0 Å². The summed E-state index contributed by atoms with van der Waals surface area (Å²) in [5, 5.41) is 6.18. The molecule has 0 heterocycles. The molecule has 0 saturated carbocycles. The summed E-state index contributed by atoms with van der Waals surface area (Å²) >= 11 is 0. The van der Waals surface area contributed by atoms with E-state index in [0.717, 1.165) is 55.4 Å². The SMILES string of the molecule is CNc1ccc(OCCCCCOc2ccc(NC)cc2)cc1. The van der Waals surface area contributed by atoms with Crippen LogP contribution in [0.5, 0.6) is 11.5 Å². The van der Waals surface area contributed by atoms with Crippen LogP contribution in [0.1, 0.15) is 19.3 Å². The van der Waals surface area contributed by atoms with Gasteiger partial charge in [-0.3, -0.25) is 0 Å². The first-order valence-electron chi connectivity index (χ1n) is 8.13. The molecule has 0 aliphatic heterocycles. The number of rotatable bonds is 10. The standard InChI is InChI=1S/C19H26N2O2/c1-20-16-6-10-18(11-7-16)22-14-4-3-5-15-23-19-12-8-17(21-2)9-13-19/h6-13,20-21H,3-5,14-15H2,1-2H3. The maximum Gasteiger partial charge on any atom is 0.119 e. The second-order valence-corrected chi connectivity index (χ2v) is 5.31. The Morgan fingerprint density at radius 1 is 0.609 bits per heavy atom. The highest BCUT2D eigenvalue weighted by Crippen LogP contribution is 2.16. The smallest absolute Gasteiger partial charge is 0.119 e. The van der Waals surface area contributed by atoms with Crippen LogP contribution in [0.15, 0.2) is 48.5 Å². The van der Waals surface area contributed by atoms with E-state index in [-0.39, 0.29) is 0 Å². The van der Waals surface area contributed by atoms with Crippen molar-refractivity contribution >= 4 is 11.4 Å². The van der Waals surface area contributed by atoms with Crippen LogP contribution in [0.3, 0.4) is 0 Å². The molecule has 0 unspecified atom stereocenters. The van der Waals surface area contributed by atoms with Gasteiger partial charge in [0.15, 0.2) is 0 Å². The number of hydrogen-bond donors (Lipinski definition) is 2. The van der Waals surface area contributed by atoms with Gasteiger partial charge in [0.2, 0.25) is 0 Å². The third kappa shape index (κ3) is 6.10. The average Bonchev–Trinajstić information content (AvgIpc) is 2.62. The highest BCUT2D eigenvalue weighted by molar-refractivity contribution is 5.46. The van der Waals surface area contributed by atoms with Crippen LogP contribution < -0.4 is 20.1 Å². The summed E-state index contributed by atoms with van der Waals surface area (Å²) < 4.78 is 11.4. The van der Waals surface area contributed by atoms with Crippen LogP contribution >= 0.6 is 0 Å². The van der Waals surface area contributed by atoms with Crippen molar-refractivity contribution in [1.29, 1.82) is 0 Å². The van der Waals surface area contributed by atoms with Gasteiger partial charge in [-0.05, 0) is 67.8 Å². The first kappa shape index (κ1) is 17.0. The molecule has 2 N–H and O–H groups in total. The Morgan fingerprint density at radius 2 is 1.00 bits per heavy atom. The zero-order valence-electron chi connectivity index (χ0n) is 14.0. The van der Waals surface area contributed by atoms with Crippen molar-refractivity contribution in [3.05, 3.63) is 48.5 Å². The van der Waals surface area contributed by atoms with Crippen LogP contribution in [0.4, 0.5) is 11.4 Å². The van der Waals surface area contributed by atoms with E-state index in [0.29, 0.717) is 0 Å². The average molecular weight is 314 g/mol. The predicted molar refractivity (Wildman–Crippen MR) is 96.8 cm³/mol. The van der Waals surface area contributed by atoms with Gasteiger partial charge in [0, 0.05) is 25.5 Å². The molecule has 2 aromatic rings. The number of anilines is 2. The molecule has 23 heavy (non-hydrogen) atoms. The summed E-state index contributed by atoms with van der Waals surface area (Å²) in [6.45, 7) is 1.49. The molecule has 0 amide bonds. The zero-order valence-corrected chi connectivity index (χ0v) is 14.0. The number of ether oxygens (including phenoxy) is 2. The number of benzene rings is 2. The van der Waals surface area contributed by atoms with Crippen molar-refractivity contribution in [3.8, 4) is 11.5 Å². The Labute approximate surface area is 138 Å². The highest BCUT2D eigenvalue weighted by Gasteiger charge is 1.97. The molecule has 0 radical (unpaired) electrons. The van der Waals surface area contributed by atoms with Gasteiger partial charge in [0.25, 0.3) is 0 Å². The normalized spacial score (nSPS) is 10.2. The molecular formula is C19H26N2O2. The van der Waals surface area contributed by atoms with Crippen molar-refractivity contribution in [2.45, 2.75) is 19.3 Å². The fourth-order valence-corrected chi connectivity index (χ4v) is 2.20. The Kier molecular flexibility index (Phi) is 7.11. The second-order valence-electron chi connectivity index (χ2n) is 5.31. The summed E-state index contributed by atoms with van der Waals surface area (Å²) in [4.78, 5) is 0. The monoisotopic (exact) mass is 314 g/mol. The van der Waals surface area contributed by atoms with E-state index in [2.05, 4.69) is 10.6 Å². The quantitative estimate of drug-likeness (QED) is 0.638. The Hall–Kier alpha value is -2.36. The Bertz CT molecular complexity index is 501. The summed E-state index contributed by atoms with van der Waals surface area (Å²) in [5.41, 5.74) is 2.19. The minimum atomic E-state index is 0.746. The fourth-order valence-electron chi connectivity index (χ4n) is 2.20. The summed E-state index contributed by atoms with van der Waals surface area (Å²) in [7, 11) is 3.82. The lowest BCUT2D eigenvalue weighted by Gasteiger charge is -2.08. The summed E-state index contributed by atoms with van der Waals surface area (Å²) in [6, 6.07) is 16.0. The molecule has 0 fully saturated rings. The van der Waals surface area contributed by atoms with E-state index in [1.165, 1.54) is 0 Å². The molecule has 0 aliphatic carbocycles. The molecular weight excluding hydrogens is 288 g/mol. The van der Waals surface area contributed by atoms with Crippen LogP contribution in [0.25, 0.3) is 0 Å². The lowest BCUT2D eigenvalue weighted by molar-refractivity contribution is 0.279. The van der Waals surface area contributed by atoms with Gasteiger partial charge in [0.05, 0.1) is 13.2 Å². The van der Waals surface area contributed by atoms with E-state index < -0.39 is 0 Å². The van der Waals surface area contributed by atoms with Crippen molar-refractivity contribution in [2.75, 3.05) is 37.9 Å². The number of nitrogens with one attached hydrogen (secondary N) is 2. The summed E-state index contributed by atoms with van der Waals surface area (Å²) in [6.07, 6.45) is 3.18. The minimum absolute atomic E-state index is 0.746. The second kappa shape index (κ2) is 9.62. The van der Waals surface area contributed by atoms with E-state index >= 15 is 0 Å². The third-order valence-corrected chi connectivity index (χ3v) is 3.61. The largest absolute Gasteiger partial charge is 0.494 e. The maximum atomic E-state index is 5.72. The molecule has 4 heteroatoms. The molecule has 4 nitrogen and oxygen atoms in total. The first-order valence-corrected chi connectivity index (χ1v) is 8.13. The molecule has 0 aromatic heterocycles. The Morgan fingerprint density at radius 3 is 1.35 bits per heavy atom. The van der Waals surface area contributed by atoms with E-state index in [1.54, 1.807) is 0 Å². The summed E-state index contributed by atoms with van der Waals surface area (Å²) in [5.74, 6) is 1.84. The van der Waals surface area contributed by atoms with Crippen LogP contribution in [0, 0.1) is 0 Å². The van der Waals surface area contributed by atoms with Gasteiger partial charge in [-0.2, -0.15) is 0 Å². The molecule has 0 atom stereocenters. The molecule has 124 valence electrons. The van der Waals surface area contributed by atoms with Crippen molar-refractivity contribution < 1.29 is 9.47 Å². The lowest BCUT2D eigenvalue weighted by Crippen LogP contribution is -2.01. The van der Waals surface area contributed by atoms with Gasteiger partial charge < -0.3 is 20.1 Å². The third-order valence-electron chi connectivity index (χ3n) is 3.61. The van der Waals surface area contributed by atoms with Gasteiger partial charge in [-0.15, -0.1) is 0 Å². The van der Waals surface area contributed by atoms with E-state index in [4.69, 9.17) is 9.47 Å². The van der Waals surface area contributed by atoms with Crippen LogP contribution in [-0.4, -0.2) is 27.3 Å². The van der Waals surface area contributed by atoms with Crippen LogP contribution in [0.2, 0.25) is 0 Å². The molecule has 2 rings (SSSR count). The Balaban J connectivity index is 1.53. The van der Waals surface area contributed by atoms with Crippen molar-refractivity contribution in [3.63, 3.8) is 0 Å². The molecule has 2 aromatic carbocycles. The lowest BCUT2D eigenvalue weighted by atomic mass is 10.2. The molecule has 0 bridgehead atoms. The first-order chi connectivity index (χ1) is 11.3. The number of unbranched alkanes of at least 4 members (excludes halogenated alkanes) is 2.